The van der Waals surface area contributed by atoms with Gasteiger partial charge in [-0.3, -0.25) is 0 Å². The van der Waals surface area contributed by atoms with E-state index in [4.69, 9.17) is 0 Å². The van der Waals surface area contributed by atoms with Crippen LogP contribution >= 0.6 is 9.24 Å². The van der Waals surface area contributed by atoms with Crippen LogP contribution in [0.2, 0.25) is 0 Å². The largest absolute Gasteiger partial charge is 0.392 e. The highest BCUT2D eigenvalue weighted by Crippen LogP contribution is 2.69. The van der Waals surface area contributed by atoms with Gasteiger partial charge in [-0.05, 0) is 171 Å². The van der Waals surface area contributed by atoms with Crippen molar-refractivity contribution in [3.63, 3.8) is 0 Å². The fourth-order valence-corrected chi connectivity index (χ4v) is 14.6. The summed E-state index contributed by atoms with van der Waals surface area (Å²) >= 11 is 0. The van der Waals surface area contributed by atoms with Gasteiger partial charge in [0.05, 0.1) is 6.10 Å². The Bertz CT molecular complexity index is 1420. The van der Waals surface area contributed by atoms with Crippen molar-refractivity contribution >= 4 is 9.24 Å². The Labute approximate surface area is 329 Å². The fraction of sp³-hybridized carbons (Fsp3) is 0.800. The lowest BCUT2D eigenvalue weighted by molar-refractivity contribution is 0.0168. The van der Waals surface area contributed by atoms with E-state index in [1.165, 1.54) is 96.3 Å². The highest BCUT2D eigenvalue weighted by Gasteiger charge is 2.62. The van der Waals surface area contributed by atoms with E-state index in [2.05, 4.69) is 106 Å². The van der Waals surface area contributed by atoms with Crippen LogP contribution in [0.25, 0.3) is 0 Å². The average Bonchev–Trinajstić information content (AvgIpc) is 4.03. The Morgan fingerprint density at radius 1 is 0.943 bits per heavy atom. The minimum Gasteiger partial charge on any atom is -0.392 e. The molecule has 5 saturated carbocycles. The maximum Gasteiger partial charge on any atom is 0.0630 e. The molecule has 2 nitrogen and oxygen atoms in total. The zero-order valence-electron chi connectivity index (χ0n) is 35.2. The third-order valence-electron chi connectivity index (χ3n) is 17.4. The van der Waals surface area contributed by atoms with Gasteiger partial charge in [0.15, 0.2) is 0 Å². The van der Waals surface area contributed by atoms with Crippen LogP contribution in [0.15, 0.2) is 59.3 Å². The van der Waals surface area contributed by atoms with Crippen LogP contribution in [0.3, 0.4) is 0 Å². The summed E-state index contributed by atoms with van der Waals surface area (Å²) < 4.78 is 0. The van der Waals surface area contributed by atoms with Crippen molar-refractivity contribution in [2.75, 3.05) is 6.54 Å². The first-order chi connectivity index (χ1) is 25.5. The molecule has 0 aromatic rings. The summed E-state index contributed by atoms with van der Waals surface area (Å²) in [6.07, 6.45) is 38.9. The molecule has 0 aliphatic heterocycles. The van der Waals surface area contributed by atoms with E-state index < -0.39 is 0 Å². The Hall–Kier alpha value is -0.950. The molecule has 17 atom stereocenters. The predicted octanol–water partition coefficient (Wildman–Crippen LogP) is 12.7. The van der Waals surface area contributed by atoms with Crippen molar-refractivity contribution in [1.29, 1.82) is 0 Å². The fourth-order valence-electron chi connectivity index (χ4n) is 13.9. The van der Waals surface area contributed by atoms with Gasteiger partial charge in [0.2, 0.25) is 0 Å². The van der Waals surface area contributed by atoms with Crippen LogP contribution in [0.5, 0.6) is 0 Å². The number of hydrogen-bond acceptors (Lipinski definition) is 2. The van der Waals surface area contributed by atoms with E-state index in [1.54, 1.807) is 11.1 Å². The van der Waals surface area contributed by atoms with Crippen molar-refractivity contribution in [3.05, 3.63) is 59.3 Å². The van der Waals surface area contributed by atoms with E-state index in [9.17, 15) is 5.11 Å². The van der Waals surface area contributed by atoms with E-state index in [1.807, 2.05) is 5.57 Å². The summed E-state index contributed by atoms with van der Waals surface area (Å²) in [6, 6.07) is 0.579. The van der Waals surface area contributed by atoms with Gasteiger partial charge in [-0.15, -0.1) is 9.24 Å². The number of nitrogens with one attached hydrogen (secondary N) is 1. The van der Waals surface area contributed by atoms with Gasteiger partial charge in [-0.25, -0.2) is 0 Å². The first kappa shape index (κ1) is 40.3. The maximum atomic E-state index is 11.6. The summed E-state index contributed by atoms with van der Waals surface area (Å²) in [7, 11) is 3.11. The highest BCUT2D eigenvalue weighted by molar-refractivity contribution is 7.17. The van der Waals surface area contributed by atoms with Crippen molar-refractivity contribution < 1.29 is 5.11 Å². The van der Waals surface area contributed by atoms with Gasteiger partial charge in [-0.1, -0.05) is 122 Å². The summed E-state index contributed by atoms with van der Waals surface area (Å²) in [5.41, 5.74) is 5.98. The second-order valence-electron chi connectivity index (χ2n) is 20.5. The molecule has 3 heteroatoms. The van der Waals surface area contributed by atoms with Gasteiger partial charge in [0.1, 0.15) is 0 Å². The van der Waals surface area contributed by atoms with E-state index in [-0.39, 0.29) is 11.5 Å². The second kappa shape index (κ2) is 16.9. The van der Waals surface area contributed by atoms with Crippen LogP contribution in [0, 0.1) is 75.9 Å². The molecule has 0 aromatic heterocycles. The molecular formula is C50H80NOP. The molecule has 0 radical (unpaired) electrons. The highest BCUT2D eigenvalue weighted by atomic mass is 31.0. The number of aliphatic hydroxyl groups is 1. The normalized spacial score (nSPS) is 45.2. The molecule has 7 aliphatic carbocycles. The molecule has 7 rings (SSSR count). The molecule has 2 N–H and O–H groups in total. The predicted molar refractivity (Wildman–Crippen MR) is 231 cm³/mol. The van der Waals surface area contributed by atoms with Crippen LogP contribution in [-0.2, 0) is 0 Å². The van der Waals surface area contributed by atoms with E-state index in [0.29, 0.717) is 46.7 Å². The van der Waals surface area contributed by atoms with Crippen molar-refractivity contribution in [1.82, 2.24) is 5.32 Å². The quantitative estimate of drug-likeness (QED) is 0.163. The molecule has 53 heavy (non-hydrogen) atoms. The molecule has 0 heterocycles. The van der Waals surface area contributed by atoms with Crippen molar-refractivity contribution in [3.8, 4) is 0 Å². The summed E-state index contributed by atoms with van der Waals surface area (Å²) in [6.45, 7) is 18.6. The van der Waals surface area contributed by atoms with E-state index >= 15 is 0 Å². The standard InChI is InChI=1S/C50H80NOP/c1-8-10-19-39-21-15-25-50(39,34(5)31-51-35(6)9-2)46-42(27-32(3)16-14-18-37-29-43(37)46)36-17-12-11-13-20-40(28-36)49(7)26-24-33(4)47(52)48(53)38-22-23-41-44(30-38)45(41)49/h11-13,17,20,28-29,32-35,37-39,41-42,44-48,51-52H,8-10,14-16,18-19,21-27,30-31,53H2,1-7H3. The molecule has 5 fully saturated rings. The van der Waals surface area contributed by atoms with Gasteiger partial charge in [0.25, 0.3) is 0 Å². The second-order valence-corrected chi connectivity index (χ2v) is 21.3. The average molecular weight is 742 g/mol. The van der Waals surface area contributed by atoms with Crippen LogP contribution in [0.4, 0.5) is 0 Å². The number of fused-ring (bicyclic) bond motifs is 3. The molecule has 0 saturated heterocycles. The molecular weight excluding hydrogens is 662 g/mol. The molecule has 0 amide bonds. The molecule has 296 valence electrons. The zero-order valence-corrected chi connectivity index (χ0v) is 36.3. The molecule has 2 bridgehead atoms. The lowest BCUT2D eigenvalue weighted by atomic mass is 9.53. The van der Waals surface area contributed by atoms with Gasteiger partial charge < -0.3 is 10.4 Å². The van der Waals surface area contributed by atoms with Crippen LogP contribution in [-0.4, -0.2) is 29.5 Å². The minimum atomic E-state index is -0.206. The monoisotopic (exact) mass is 742 g/mol. The Morgan fingerprint density at radius 3 is 2.57 bits per heavy atom. The first-order valence-electron chi connectivity index (χ1n) is 23.2. The smallest absolute Gasteiger partial charge is 0.0630 e. The van der Waals surface area contributed by atoms with Crippen molar-refractivity contribution in [2.24, 2.45) is 75.9 Å². The third-order valence-corrected chi connectivity index (χ3v) is 18.3. The molecule has 17 unspecified atom stereocenters. The van der Waals surface area contributed by atoms with E-state index in [0.717, 1.165) is 48.5 Å². The number of hydrogen-bond donors (Lipinski definition) is 2. The molecule has 0 spiro atoms. The first-order valence-corrected chi connectivity index (χ1v) is 23.9. The summed E-state index contributed by atoms with van der Waals surface area (Å²) in [5, 5.41) is 15.6. The number of allylic oxidation sites excluding steroid dienone is 10. The lowest BCUT2D eigenvalue weighted by Crippen LogP contribution is -2.48. The number of unbranched alkanes of at least 4 members (excludes halogenated alkanes) is 1. The summed E-state index contributed by atoms with van der Waals surface area (Å²) in [4.78, 5) is 0. The Kier molecular flexibility index (Phi) is 12.8. The minimum absolute atomic E-state index is 0.149. The maximum absolute atomic E-state index is 11.6. The summed E-state index contributed by atoms with van der Waals surface area (Å²) in [5.74, 6) is 7.66. The van der Waals surface area contributed by atoms with Crippen LogP contribution < -0.4 is 5.32 Å². The lowest BCUT2D eigenvalue weighted by Gasteiger charge is -2.51. The van der Waals surface area contributed by atoms with Gasteiger partial charge in [0, 0.05) is 11.7 Å². The number of aliphatic hydroxyl groups excluding tert-OH is 1. The van der Waals surface area contributed by atoms with Crippen molar-refractivity contribution in [2.45, 2.75) is 169 Å². The SMILES string of the molecule is CCCCC1CCCC1(C(C)CNC(C)CC)C1C2=CC2CCCC(C)CC1C1=CC=CC=CC(C2(C)CCC(C)C(O)C(P)C3CCC4C(C3)C42)=C1. The van der Waals surface area contributed by atoms with Gasteiger partial charge in [-0.2, -0.15) is 0 Å². The Balaban J connectivity index is 1.32. The number of rotatable bonds is 11. The van der Waals surface area contributed by atoms with Gasteiger partial charge >= 0.3 is 0 Å². The molecule has 0 aromatic carbocycles. The third kappa shape index (κ3) is 7.98. The topological polar surface area (TPSA) is 32.3 Å². The van der Waals surface area contributed by atoms with Crippen LogP contribution in [0.1, 0.15) is 151 Å². The zero-order chi connectivity index (χ0) is 37.5. The molecule has 7 aliphatic rings. The Morgan fingerprint density at radius 2 is 1.77 bits per heavy atom.